The third-order valence-corrected chi connectivity index (χ3v) is 4.71. The highest BCUT2D eigenvalue weighted by Gasteiger charge is 2.23. The highest BCUT2D eigenvalue weighted by Crippen LogP contribution is 2.22. The van der Waals surface area contributed by atoms with Crippen molar-refractivity contribution in [1.29, 1.82) is 5.26 Å². The van der Waals surface area contributed by atoms with Crippen LogP contribution in [0, 0.1) is 23.0 Å². The minimum atomic E-state index is -0.754. The van der Waals surface area contributed by atoms with Gasteiger partial charge in [-0.1, -0.05) is 6.07 Å². The van der Waals surface area contributed by atoms with Crippen molar-refractivity contribution in [2.24, 2.45) is 0 Å². The molecule has 0 fully saturated rings. The third-order valence-electron chi connectivity index (χ3n) is 4.71. The maximum absolute atomic E-state index is 14.2. The van der Waals surface area contributed by atoms with Gasteiger partial charge in [0, 0.05) is 37.0 Å². The van der Waals surface area contributed by atoms with Gasteiger partial charge < -0.3 is 4.98 Å². The molecule has 0 spiro atoms. The van der Waals surface area contributed by atoms with Crippen molar-refractivity contribution in [3.05, 3.63) is 80.9 Å². The Morgan fingerprint density at radius 2 is 2.04 bits per heavy atom. The molecule has 1 aliphatic rings. The molecule has 2 aromatic heterocycles. The van der Waals surface area contributed by atoms with Gasteiger partial charge in [-0.05, 0) is 30.7 Å². The van der Waals surface area contributed by atoms with Crippen molar-refractivity contribution in [3.8, 4) is 17.6 Å². The molecule has 3 heterocycles. The molecule has 4 rings (SSSR count). The van der Waals surface area contributed by atoms with E-state index in [-0.39, 0.29) is 29.8 Å². The molecular weight excluding hydrogens is 364 g/mol. The molecule has 3 aromatic rings. The van der Waals surface area contributed by atoms with Crippen molar-refractivity contribution < 1.29 is 8.78 Å². The van der Waals surface area contributed by atoms with Crippen molar-refractivity contribution in [1.82, 2.24) is 19.9 Å². The standard InChI is InChI=1S/C20H15F2N5O/c21-15-7-12(9-23)8-16(22)14(15)10-27-6-4-13-18(11-27)25-19(26-20(13)28)17-3-1-2-5-24-17/h1-3,5,7-8H,4,6,10-11H2,(H,25,26,28). The summed E-state index contributed by atoms with van der Waals surface area (Å²) in [6.45, 7) is 0.785. The zero-order valence-electron chi connectivity index (χ0n) is 14.7. The van der Waals surface area contributed by atoms with Gasteiger partial charge in [0.15, 0.2) is 5.82 Å². The van der Waals surface area contributed by atoms with E-state index in [4.69, 9.17) is 5.26 Å². The Kier molecular flexibility index (Phi) is 4.67. The average molecular weight is 379 g/mol. The maximum atomic E-state index is 14.2. The zero-order valence-corrected chi connectivity index (χ0v) is 14.7. The van der Waals surface area contributed by atoms with Gasteiger partial charge in [-0.2, -0.15) is 5.26 Å². The van der Waals surface area contributed by atoms with E-state index in [2.05, 4.69) is 15.0 Å². The lowest BCUT2D eigenvalue weighted by Crippen LogP contribution is -2.35. The van der Waals surface area contributed by atoms with Crippen LogP contribution in [0.15, 0.2) is 41.3 Å². The van der Waals surface area contributed by atoms with Gasteiger partial charge in [0.25, 0.3) is 5.56 Å². The monoisotopic (exact) mass is 379 g/mol. The van der Waals surface area contributed by atoms with E-state index in [1.165, 1.54) is 0 Å². The van der Waals surface area contributed by atoms with Crippen molar-refractivity contribution in [2.45, 2.75) is 19.5 Å². The second-order valence-corrected chi connectivity index (χ2v) is 6.55. The molecular formula is C20H15F2N5O. The van der Waals surface area contributed by atoms with Gasteiger partial charge in [-0.15, -0.1) is 0 Å². The molecule has 0 saturated heterocycles. The fourth-order valence-electron chi connectivity index (χ4n) is 3.30. The fraction of sp³-hybridized carbons (Fsp3) is 0.200. The van der Waals surface area contributed by atoms with E-state index < -0.39 is 11.6 Å². The summed E-state index contributed by atoms with van der Waals surface area (Å²) in [5, 5.41) is 8.81. The first-order valence-corrected chi connectivity index (χ1v) is 8.69. The smallest absolute Gasteiger partial charge is 0.254 e. The van der Waals surface area contributed by atoms with E-state index in [9.17, 15) is 13.6 Å². The molecule has 28 heavy (non-hydrogen) atoms. The molecule has 1 aromatic carbocycles. The Hall–Kier alpha value is -3.44. The number of hydrogen-bond acceptors (Lipinski definition) is 5. The SMILES string of the molecule is N#Cc1cc(F)c(CN2CCc3c(nc(-c4ccccn4)[nH]c3=O)C2)c(F)c1. The summed E-state index contributed by atoms with van der Waals surface area (Å²) in [5.74, 6) is -1.15. The first-order valence-electron chi connectivity index (χ1n) is 8.69. The van der Waals surface area contributed by atoms with Crippen LogP contribution < -0.4 is 5.56 Å². The minimum absolute atomic E-state index is 0.0240. The summed E-state index contributed by atoms with van der Waals surface area (Å²) >= 11 is 0. The van der Waals surface area contributed by atoms with Gasteiger partial charge >= 0.3 is 0 Å². The Labute approximate surface area is 159 Å². The Morgan fingerprint density at radius 3 is 2.71 bits per heavy atom. The molecule has 1 N–H and O–H groups in total. The Bertz CT molecular complexity index is 1110. The first kappa shape index (κ1) is 17.9. The molecule has 140 valence electrons. The molecule has 0 saturated carbocycles. The predicted molar refractivity (Wildman–Crippen MR) is 97.0 cm³/mol. The summed E-state index contributed by atoms with van der Waals surface area (Å²) in [6, 6.07) is 9.09. The van der Waals surface area contributed by atoms with E-state index in [1.54, 1.807) is 30.5 Å². The summed E-state index contributed by atoms with van der Waals surface area (Å²) in [4.78, 5) is 25.7. The number of aromatic nitrogens is 3. The van der Waals surface area contributed by atoms with Crippen LogP contribution in [0.2, 0.25) is 0 Å². The number of rotatable bonds is 3. The van der Waals surface area contributed by atoms with Crippen molar-refractivity contribution in [3.63, 3.8) is 0 Å². The summed E-state index contributed by atoms with van der Waals surface area (Å²) in [5.41, 5.74) is 1.32. The molecule has 0 amide bonds. The van der Waals surface area contributed by atoms with E-state index in [1.807, 2.05) is 4.90 Å². The van der Waals surface area contributed by atoms with Crippen LogP contribution in [-0.4, -0.2) is 26.4 Å². The van der Waals surface area contributed by atoms with Crippen molar-refractivity contribution >= 4 is 0 Å². The number of fused-ring (bicyclic) bond motifs is 1. The van der Waals surface area contributed by atoms with Gasteiger partial charge in [-0.3, -0.25) is 14.7 Å². The number of pyridine rings is 1. The highest BCUT2D eigenvalue weighted by molar-refractivity contribution is 5.49. The molecule has 0 aliphatic carbocycles. The number of benzene rings is 1. The molecule has 0 bridgehead atoms. The van der Waals surface area contributed by atoms with Gasteiger partial charge in [0.1, 0.15) is 17.3 Å². The highest BCUT2D eigenvalue weighted by atomic mass is 19.1. The molecule has 0 atom stereocenters. The van der Waals surface area contributed by atoms with Gasteiger partial charge in [-0.25, -0.2) is 13.8 Å². The molecule has 6 nitrogen and oxygen atoms in total. The number of H-pyrrole nitrogens is 1. The van der Waals surface area contributed by atoms with Gasteiger partial charge in [0.2, 0.25) is 0 Å². The quantitative estimate of drug-likeness (QED) is 0.756. The van der Waals surface area contributed by atoms with Crippen LogP contribution >= 0.6 is 0 Å². The lowest BCUT2D eigenvalue weighted by atomic mass is 10.0. The lowest BCUT2D eigenvalue weighted by molar-refractivity contribution is 0.233. The number of halogens is 2. The lowest BCUT2D eigenvalue weighted by Gasteiger charge is -2.28. The summed E-state index contributed by atoms with van der Waals surface area (Å²) in [7, 11) is 0. The minimum Gasteiger partial charge on any atom is -0.305 e. The number of aromatic amines is 1. The van der Waals surface area contributed by atoms with Crippen LogP contribution in [-0.2, 0) is 19.5 Å². The number of nitrogens with zero attached hydrogens (tertiary/aromatic N) is 4. The molecule has 0 unspecified atom stereocenters. The first-order chi connectivity index (χ1) is 13.5. The average Bonchev–Trinajstić information content (AvgIpc) is 2.71. The van der Waals surface area contributed by atoms with Gasteiger partial charge in [0.05, 0.1) is 17.3 Å². The summed E-state index contributed by atoms with van der Waals surface area (Å²) < 4.78 is 28.4. The topological polar surface area (TPSA) is 85.7 Å². The van der Waals surface area contributed by atoms with Crippen LogP contribution in [0.5, 0.6) is 0 Å². The third kappa shape index (κ3) is 3.40. The van der Waals surface area contributed by atoms with Crippen LogP contribution in [0.25, 0.3) is 11.5 Å². The van der Waals surface area contributed by atoms with E-state index in [0.29, 0.717) is 35.7 Å². The van der Waals surface area contributed by atoms with Crippen molar-refractivity contribution in [2.75, 3.05) is 6.54 Å². The Morgan fingerprint density at radius 1 is 1.25 bits per heavy atom. The predicted octanol–water partition coefficient (Wildman–Crippen LogP) is 2.54. The van der Waals surface area contributed by atoms with Crippen LogP contribution in [0.4, 0.5) is 8.78 Å². The molecule has 1 aliphatic heterocycles. The second-order valence-electron chi connectivity index (χ2n) is 6.55. The van der Waals surface area contributed by atoms with E-state index >= 15 is 0 Å². The number of nitrogens with one attached hydrogen (secondary N) is 1. The zero-order chi connectivity index (χ0) is 19.7. The van der Waals surface area contributed by atoms with Crippen LogP contribution in [0.3, 0.4) is 0 Å². The number of hydrogen-bond donors (Lipinski definition) is 1. The molecule has 0 radical (unpaired) electrons. The Balaban J connectivity index is 1.63. The summed E-state index contributed by atoms with van der Waals surface area (Å²) in [6.07, 6.45) is 2.04. The van der Waals surface area contributed by atoms with Crippen LogP contribution in [0.1, 0.15) is 22.4 Å². The number of nitriles is 1. The molecule has 8 heteroatoms. The normalized spacial score (nSPS) is 13.8. The van der Waals surface area contributed by atoms with E-state index in [0.717, 1.165) is 12.1 Å². The second kappa shape index (κ2) is 7.29. The maximum Gasteiger partial charge on any atom is 0.254 e. The fourth-order valence-corrected chi connectivity index (χ4v) is 3.30. The largest absolute Gasteiger partial charge is 0.305 e.